The van der Waals surface area contributed by atoms with Gasteiger partial charge in [0.1, 0.15) is 18.2 Å². The number of benzene rings is 2. The van der Waals surface area contributed by atoms with E-state index in [9.17, 15) is 4.39 Å². The molecule has 0 aliphatic rings. The van der Waals surface area contributed by atoms with E-state index < -0.39 is 0 Å². The molecule has 2 aromatic carbocycles. The van der Waals surface area contributed by atoms with Crippen LogP contribution in [0.5, 0.6) is 5.75 Å². The second-order valence-electron chi connectivity index (χ2n) is 3.60. The highest BCUT2D eigenvalue weighted by Crippen LogP contribution is 2.24. The van der Waals surface area contributed by atoms with Crippen LogP contribution < -0.4 is 10.5 Å². The number of nitrogens with two attached hydrogens (primary N) is 1. The van der Waals surface area contributed by atoms with E-state index in [1.54, 1.807) is 30.3 Å². The first-order valence-electron chi connectivity index (χ1n) is 5.07. The molecule has 0 spiro atoms. The number of nitrogen functional groups attached to an aromatic ring is 1. The van der Waals surface area contributed by atoms with Gasteiger partial charge in [-0.25, -0.2) is 4.39 Å². The van der Waals surface area contributed by atoms with Crippen molar-refractivity contribution >= 4 is 17.3 Å². The normalized spacial score (nSPS) is 10.2. The summed E-state index contributed by atoms with van der Waals surface area (Å²) in [5.41, 5.74) is 7.01. The molecule has 4 heteroatoms. The summed E-state index contributed by atoms with van der Waals surface area (Å²) in [5, 5.41) is 0.499. The summed E-state index contributed by atoms with van der Waals surface area (Å²) in [4.78, 5) is 0. The van der Waals surface area contributed by atoms with E-state index in [4.69, 9.17) is 22.1 Å². The van der Waals surface area contributed by atoms with E-state index in [0.29, 0.717) is 23.1 Å². The van der Waals surface area contributed by atoms with Crippen LogP contribution in [0.1, 0.15) is 5.56 Å². The van der Waals surface area contributed by atoms with Crippen LogP contribution in [0.25, 0.3) is 0 Å². The number of anilines is 1. The minimum Gasteiger partial charge on any atom is -0.489 e. The van der Waals surface area contributed by atoms with Gasteiger partial charge < -0.3 is 10.5 Å². The van der Waals surface area contributed by atoms with Crippen LogP contribution in [0.3, 0.4) is 0 Å². The SMILES string of the molecule is Nc1cc(OCc2ccc(F)cc2)ccc1Cl. The molecular weight excluding hydrogens is 241 g/mol. The van der Waals surface area contributed by atoms with E-state index in [0.717, 1.165) is 5.56 Å². The molecule has 0 amide bonds. The third-order valence-corrected chi connectivity index (χ3v) is 2.63. The Kier molecular flexibility index (Phi) is 3.49. The maximum Gasteiger partial charge on any atom is 0.123 e. The number of rotatable bonds is 3. The lowest BCUT2D eigenvalue weighted by Gasteiger charge is -2.07. The summed E-state index contributed by atoms with van der Waals surface area (Å²) in [6.07, 6.45) is 0. The molecule has 2 N–H and O–H groups in total. The van der Waals surface area contributed by atoms with Gasteiger partial charge in [-0.05, 0) is 29.8 Å². The Bertz CT molecular complexity index is 513. The molecule has 0 bridgehead atoms. The molecule has 0 radical (unpaired) electrons. The van der Waals surface area contributed by atoms with Gasteiger partial charge in [0.25, 0.3) is 0 Å². The molecule has 0 heterocycles. The zero-order chi connectivity index (χ0) is 12.3. The monoisotopic (exact) mass is 251 g/mol. The van der Waals surface area contributed by atoms with Crippen molar-refractivity contribution in [3.8, 4) is 5.75 Å². The maximum atomic E-state index is 12.7. The van der Waals surface area contributed by atoms with Crippen LogP contribution in [0.15, 0.2) is 42.5 Å². The van der Waals surface area contributed by atoms with Gasteiger partial charge in [-0.2, -0.15) is 0 Å². The topological polar surface area (TPSA) is 35.2 Å². The molecule has 0 aliphatic heterocycles. The van der Waals surface area contributed by atoms with Crippen molar-refractivity contribution in [2.75, 3.05) is 5.73 Å². The zero-order valence-electron chi connectivity index (χ0n) is 8.99. The third-order valence-electron chi connectivity index (χ3n) is 2.29. The Morgan fingerprint density at radius 1 is 1.12 bits per heavy atom. The minimum atomic E-state index is -0.260. The van der Waals surface area contributed by atoms with Crippen LogP contribution >= 0.6 is 11.6 Å². The average Bonchev–Trinajstić information content (AvgIpc) is 2.33. The van der Waals surface area contributed by atoms with Crippen molar-refractivity contribution < 1.29 is 9.13 Å². The number of hydrogen-bond acceptors (Lipinski definition) is 2. The summed E-state index contributed by atoms with van der Waals surface area (Å²) in [6, 6.07) is 11.2. The molecule has 88 valence electrons. The molecular formula is C13H11ClFNO. The van der Waals surface area contributed by atoms with Crippen LogP contribution in [-0.4, -0.2) is 0 Å². The minimum absolute atomic E-state index is 0.260. The summed E-state index contributed by atoms with van der Waals surface area (Å²) >= 11 is 5.79. The van der Waals surface area contributed by atoms with Gasteiger partial charge in [-0.3, -0.25) is 0 Å². The Morgan fingerprint density at radius 2 is 1.82 bits per heavy atom. The Morgan fingerprint density at radius 3 is 2.47 bits per heavy atom. The fraction of sp³-hybridized carbons (Fsp3) is 0.0769. The Labute approximate surface area is 104 Å². The summed E-state index contributed by atoms with van der Waals surface area (Å²) in [7, 11) is 0. The van der Waals surface area contributed by atoms with E-state index >= 15 is 0 Å². The largest absolute Gasteiger partial charge is 0.489 e. The van der Waals surface area contributed by atoms with Gasteiger partial charge in [0, 0.05) is 6.07 Å². The summed E-state index contributed by atoms with van der Waals surface area (Å²) in [6.45, 7) is 0.362. The van der Waals surface area contributed by atoms with E-state index in [1.165, 1.54) is 12.1 Å². The van der Waals surface area contributed by atoms with Gasteiger partial charge in [-0.1, -0.05) is 23.7 Å². The van der Waals surface area contributed by atoms with Crippen molar-refractivity contribution in [3.63, 3.8) is 0 Å². The Hall–Kier alpha value is -1.74. The van der Waals surface area contributed by atoms with Crippen LogP contribution in [-0.2, 0) is 6.61 Å². The first kappa shape index (κ1) is 11.7. The molecule has 2 aromatic rings. The predicted octanol–water partition coefficient (Wildman–Crippen LogP) is 3.64. The Balaban J connectivity index is 2.02. The van der Waals surface area contributed by atoms with E-state index in [2.05, 4.69) is 0 Å². The van der Waals surface area contributed by atoms with Gasteiger partial charge in [0.15, 0.2) is 0 Å². The quantitative estimate of drug-likeness (QED) is 0.846. The number of hydrogen-bond donors (Lipinski definition) is 1. The van der Waals surface area contributed by atoms with Crippen molar-refractivity contribution in [2.45, 2.75) is 6.61 Å². The second kappa shape index (κ2) is 5.06. The van der Waals surface area contributed by atoms with E-state index in [1.807, 2.05) is 0 Å². The van der Waals surface area contributed by atoms with Gasteiger partial charge in [-0.15, -0.1) is 0 Å². The van der Waals surface area contributed by atoms with Crippen molar-refractivity contribution in [2.24, 2.45) is 0 Å². The number of ether oxygens (including phenoxy) is 1. The van der Waals surface area contributed by atoms with Crippen molar-refractivity contribution in [3.05, 3.63) is 58.9 Å². The zero-order valence-corrected chi connectivity index (χ0v) is 9.75. The fourth-order valence-corrected chi connectivity index (χ4v) is 1.48. The summed E-state index contributed by atoms with van der Waals surface area (Å²) < 4.78 is 18.2. The molecule has 0 fully saturated rings. The molecule has 0 saturated carbocycles. The highest BCUT2D eigenvalue weighted by molar-refractivity contribution is 6.33. The molecule has 17 heavy (non-hydrogen) atoms. The molecule has 0 unspecified atom stereocenters. The molecule has 2 rings (SSSR count). The molecule has 0 atom stereocenters. The van der Waals surface area contributed by atoms with Crippen molar-refractivity contribution in [1.82, 2.24) is 0 Å². The van der Waals surface area contributed by atoms with Crippen LogP contribution in [0, 0.1) is 5.82 Å². The lowest BCUT2D eigenvalue weighted by atomic mass is 10.2. The lowest BCUT2D eigenvalue weighted by molar-refractivity contribution is 0.306. The maximum absolute atomic E-state index is 12.7. The van der Waals surface area contributed by atoms with Crippen LogP contribution in [0.2, 0.25) is 5.02 Å². The lowest BCUT2D eigenvalue weighted by Crippen LogP contribution is -1.96. The molecule has 0 saturated heterocycles. The van der Waals surface area contributed by atoms with Gasteiger partial charge in [0.2, 0.25) is 0 Å². The first-order chi connectivity index (χ1) is 8.15. The van der Waals surface area contributed by atoms with Gasteiger partial charge >= 0.3 is 0 Å². The smallest absolute Gasteiger partial charge is 0.123 e. The fourth-order valence-electron chi connectivity index (χ4n) is 1.36. The molecule has 0 aromatic heterocycles. The van der Waals surface area contributed by atoms with E-state index in [-0.39, 0.29) is 5.82 Å². The highest BCUT2D eigenvalue weighted by Gasteiger charge is 2.00. The second-order valence-corrected chi connectivity index (χ2v) is 4.01. The molecule has 0 aliphatic carbocycles. The highest BCUT2D eigenvalue weighted by atomic mass is 35.5. The van der Waals surface area contributed by atoms with Crippen molar-refractivity contribution in [1.29, 1.82) is 0 Å². The standard InChI is InChI=1S/C13H11ClFNO/c14-12-6-5-11(7-13(12)16)17-8-9-1-3-10(15)4-2-9/h1-7H,8,16H2. The summed E-state index contributed by atoms with van der Waals surface area (Å²) in [5.74, 6) is 0.376. The number of halogens is 2. The van der Waals surface area contributed by atoms with Gasteiger partial charge in [0.05, 0.1) is 10.7 Å². The first-order valence-corrected chi connectivity index (χ1v) is 5.45. The average molecular weight is 252 g/mol. The predicted molar refractivity (Wildman–Crippen MR) is 66.6 cm³/mol. The third kappa shape index (κ3) is 3.11. The molecule has 2 nitrogen and oxygen atoms in total. The van der Waals surface area contributed by atoms with Crippen LogP contribution in [0.4, 0.5) is 10.1 Å².